The van der Waals surface area contributed by atoms with Crippen LogP contribution in [-0.2, 0) is 27.9 Å². The van der Waals surface area contributed by atoms with Gasteiger partial charge in [-0.15, -0.1) is 0 Å². The number of phosphoric acid groups is 1. The Morgan fingerprint density at radius 3 is 1.70 bits per heavy atom. The SMILES string of the molecule is CCCCCCC/C=C\C/C=C\C/C=C\CCCCCCCCCCCOCC(COP(=O)(O)OCC[N+](C)(C)C)OC(=O)CCC. The summed E-state index contributed by atoms with van der Waals surface area (Å²) in [6, 6.07) is 0. The summed E-state index contributed by atoms with van der Waals surface area (Å²) in [7, 11) is 1.65. The Bertz CT molecular complexity index is 853. The summed E-state index contributed by atoms with van der Waals surface area (Å²) in [6.07, 6.45) is 36.2. The molecule has 0 aromatic carbocycles. The molecule has 0 bridgehead atoms. The van der Waals surface area contributed by atoms with Crippen LogP contribution in [0.5, 0.6) is 0 Å². The van der Waals surface area contributed by atoms with Crippen LogP contribution in [0.2, 0.25) is 0 Å². The van der Waals surface area contributed by atoms with Crippen molar-refractivity contribution in [3.63, 3.8) is 0 Å². The number of hydrogen-bond donors (Lipinski definition) is 1. The van der Waals surface area contributed by atoms with Crippen LogP contribution in [0.1, 0.15) is 142 Å². The molecule has 276 valence electrons. The third-order valence-electron chi connectivity index (χ3n) is 7.67. The van der Waals surface area contributed by atoms with Gasteiger partial charge in [0, 0.05) is 13.0 Å². The first-order valence-electron chi connectivity index (χ1n) is 18.7. The van der Waals surface area contributed by atoms with Gasteiger partial charge < -0.3 is 18.9 Å². The van der Waals surface area contributed by atoms with Gasteiger partial charge in [-0.3, -0.25) is 13.8 Å². The number of hydrogen-bond acceptors (Lipinski definition) is 6. The number of likely N-dealkylation sites (N-methyl/N-ethyl adjacent to an activating group) is 1. The van der Waals surface area contributed by atoms with Gasteiger partial charge in [0.25, 0.3) is 0 Å². The Balaban J connectivity index is 3.80. The summed E-state index contributed by atoms with van der Waals surface area (Å²) in [5.74, 6) is -0.370. The molecule has 47 heavy (non-hydrogen) atoms. The molecule has 0 saturated heterocycles. The van der Waals surface area contributed by atoms with Crippen molar-refractivity contribution < 1.29 is 37.3 Å². The third-order valence-corrected chi connectivity index (χ3v) is 8.66. The van der Waals surface area contributed by atoms with E-state index in [-0.39, 0.29) is 32.2 Å². The number of phosphoric ester groups is 1. The van der Waals surface area contributed by atoms with Crippen LogP contribution in [0.15, 0.2) is 36.5 Å². The lowest BCUT2D eigenvalue weighted by molar-refractivity contribution is -0.870. The Morgan fingerprint density at radius 2 is 1.17 bits per heavy atom. The van der Waals surface area contributed by atoms with Gasteiger partial charge in [-0.25, -0.2) is 4.57 Å². The minimum atomic E-state index is -4.24. The molecule has 2 atom stereocenters. The maximum absolute atomic E-state index is 12.2. The third kappa shape index (κ3) is 35.8. The Morgan fingerprint density at radius 1 is 0.660 bits per heavy atom. The highest BCUT2D eigenvalue weighted by Crippen LogP contribution is 2.43. The zero-order valence-electron chi connectivity index (χ0n) is 31.0. The molecule has 8 nitrogen and oxygen atoms in total. The molecule has 9 heteroatoms. The molecule has 0 radical (unpaired) electrons. The summed E-state index contributed by atoms with van der Waals surface area (Å²) in [5.41, 5.74) is 0. The molecule has 0 rings (SSSR count). The van der Waals surface area contributed by atoms with Gasteiger partial charge in [-0.2, -0.15) is 0 Å². The standard InChI is InChI=1S/C38H72NO7P/c1-6-8-9-10-11-12-13-14-15-16-17-18-19-20-21-22-23-24-25-26-27-28-29-30-33-43-35-37(46-38(40)31-7-2)36-45-47(41,42)44-34-32-39(3,4)5/h13-14,16-17,19-20,37H,6-12,15,18,21-36H2,1-5H3/p+1/b14-13-,17-16-,20-19-. The molecule has 0 aliphatic heterocycles. The second kappa shape index (κ2) is 32.0. The van der Waals surface area contributed by atoms with Crippen LogP contribution in [0.3, 0.4) is 0 Å². The fraction of sp³-hybridized carbons (Fsp3) is 0.816. The van der Waals surface area contributed by atoms with Gasteiger partial charge in [0.15, 0.2) is 0 Å². The maximum atomic E-state index is 12.2. The van der Waals surface area contributed by atoms with Gasteiger partial charge in [-0.05, 0) is 51.4 Å². The molecular formula is C38H73NO7P+. The highest BCUT2D eigenvalue weighted by Gasteiger charge is 2.26. The minimum absolute atomic E-state index is 0.0853. The van der Waals surface area contributed by atoms with Crippen molar-refractivity contribution >= 4 is 13.8 Å². The van der Waals surface area contributed by atoms with E-state index in [9.17, 15) is 14.3 Å². The van der Waals surface area contributed by atoms with E-state index in [1.54, 1.807) is 0 Å². The molecule has 2 unspecified atom stereocenters. The fourth-order valence-corrected chi connectivity index (χ4v) is 5.51. The number of quaternary nitrogens is 1. The predicted octanol–water partition coefficient (Wildman–Crippen LogP) is 10.3. The molecule has 0 aromatic heterocycles. The van der Waals surface area contributed by atoms with Crippen LogP contribution < -0.4 is 0 Å². The molecule has 0 aliphatic rings. The van der Waals surface area contributed by atoms with E-state index in [0.29, 0.717) is 24.1 Å². The quantitative estimate of drug-likeness (QED) is 0.0237. The highest BCUT2D eigenvalue weighted by molar-refractivity contribution is 7.47. The lowest BCUT2D eigenvalue weighted by Gasteiger charge is -2.24. The lowest BCUT2D eigenvalue weighted by Crippen LogP contribution is -2.37. The van der Waals surface area contributed by atoms with Crippen molar-refractivity contribution in [1.82, 2.24) is 0 Å². The Labute approximate surface area is 289 Å². The van der Waals surface area contributed by atoms with Crippen molar-refractivity contribution in [2.24, 2.45) is 0 Å². The zero-order chi connectivity index (χ0) is 34.9. The summed E-state index contributed by atoms with van der Waals surface area (Å²) in [5, 5.41) is 0. The van der Waals surface area contributed by atoms with E-state index >= 15 is 0 Å². The van der Waals surface area contributed by atoms with Crippen molar-refractivity contribution in [1.29, 1.82) is 0 Å². The van der Waals surface area contributed by atoms with E-state index in [1.807, 2.05) is 28.1 Å². The molecule has 0 fully saturated rings. The van der Waals surface area contributed by atoms with Crippen molar-refractivity contribution in [2.75, 3.05) is 54.1 Å². The Kier molecular flexibility index (Phi) is 31.1. The lowest BCUT2D eigenvalue weighted by atomic mass is 10.1. The largest absolute Gasteiger partial charge is 0.472 e. The molecule has 0 aromatic rings. The first kappa shape index (κ1) is 45.7. The van der Waals surface area contributed by atoms with Crippen LogP contribution >= 0.6 is 7.82 Å². The normalized spacial score (nSPS) is 14.4. The van der Waals surface area contributed by atoms with E-state index in [2.05, 4.69) is 43.4 Å². The highest BCUT2D eigenvalue weighted by atomic mass is 31.2. The summed E-state index contributed by atoms with van der Waals surface area (Å²) < 4.78 is 34.1. The van der Waals surface area contributed by atoms with Gasteiger partial charge >= 0.3 is 13.8 Å². The Hall–Kier alpha value is -1.28. The molecule has 0 spiro atoms. The van der Waals surface area contributed by atoms with Crippen LogP contribution in [0, 0.1) is 0 Å². The summed E-state index contributed by atoms with van der Waals surface area (Å²) in [6.45, 7) is 5.22. The minimum Gasteiger partial charge on any atom is -0.457 e. The van der Waals surface area contributed by atoms with Crippen molar-refractivity contribution in [3.05, 3.63) is 36.5 Å². The van der Waals surface area contributed by atoms with E-state index in [1.165, 1.54) is 89.9 Å². The van der Waals surface area contributed by atoms with E-state index in [4.69, 9.17) is 18.5 Å². The van der Waals surface area contributed by atoms with Crippen molar-refractivity contribution in [3.8, 4) is 0 Å². The van der Waals surface area contributed by atoms with E-state index < -0.39 is 13.9 Å². The zero-order valence-corrected chi connectivity index (χ0v) is 31.9. The van der Waals surface area contributed by atoms with Gasteiger partial charge in [0.05, 0.1) is 34.4 Å². The van der Waals surface area contributed by atoms with Gasteiger partial charge in [-0.1, -0.05) is 121 Å². The smallest absolute Gasteiger partial charge is 0.457 e. The number of allylic oxidation sites excluding steroid dienone is 6. The van der Waals surface area contributed by atoms with Crippen LogP contribution in [0.4, 0.5) is 0 Å². The number of rotatable bonds is 34. The average Bonchev–Trinajstić information content (AvgIpc) is 3.00. The van der Waals surface area contributed by atoms with E-state index in [0.717, 1.165) is 25.7 Å². The monoisotopic (exact) mass is 687 g/mol. The first-order chi connectivity index (χ1) is 22.6. The van der Waals surface area contributed by atoms with Gasteiger partial charge in [0.2, 0.25) is 0 Å². The second-order valence-electron chi connectivity index (χ2n) is 13.6. The number of carbonyl (C=O) groups excluding carboxylic acids is 1. The molecular weight excluding hydrogens is 613 g/mol. The number of ether oxygens (including phenoxy) is 2. The molecule has 1 N–H and O–H groups in total. The maximum Gasteiger partial charge on any atom is 0.472 e. The van der Waals surface area contributed by atoms with Gasteiger partial charge in [0.1, 0.15) is 19.3 Å². The van der Waals surface area contributed by atoms with Crippen LogP contribution in [-0.4, -0.2) is 75.6 Å². The van der Waals surface area contributed by atoms with Crippen molar-refractivity contribution in [2.45, 2.75) is 148 Å². The first-order valence-corrected chi connectivity index (χ1v) is 20.2. The summed E-state index contributed by atoms with van der Waals surface area (Å²) in [4.78, 5) is 22.0. The number of esters is 1. The number of unbranched alkanes of at least 4 members (excludes halogenated alkanes) is 14. The topological polar surface area (TPSA) is 91.3 Å². The van der Waals surface area contributed by atoms with Crippen LogP contribution in [0.25, 0.3) is 0 Å². The number of carbonyl (C=O) groups is 1. The number of nitrogens with zero attached hydrogens (tertiary/aromatic N) is 1. The second-order valence-corrected chi connectivity index (χ2v) is 15.1. The molecule has 0 amide bonds. The molecule has 0 aliphatic carbocycles. The summed E-state index contributed by atoms with van der Waals surface area (Å²) >= 11 is 0. The molecule has 0 heterocycles. The fourth-order valence-electron chi connectivity index (χ4n) is 4.77. The average molecular weight is 687 g/mol. The predicted molar refractivity (Wildman–Crippen MR) is 196 cm³/mol. The molecule has 0 saturated carbocycles.